The molecular formula is C19H28NO+. The molecule has 1 aliphatic carbocycles. The summed E-state index contributed by atoms with van der Waals surface area (Å²) in [6.45, 7) is 1.02. The maximum Gasteiger partial charge on any atom is 0.153 e. The van der Waals surface area contributed by atoms with E-state index >= 15 is 0 Å². The molecule has 1 atom stereocenters. The average molecular weight is 286 g/mol. The first-order valence-corrected chi connectivity index (χ1v) is 8.20. The average Bonchev–Trinajstić information content (AvgIpc) is 2.53. The van der Waals surface area contributed by atoms with Gasteiger partial charge in [0.25, 0.3) is 0 Å². The van der Waals surface area contributed by atoms with Gasteiger partial charge in [0, 0.05) is 5.92 Å². The van der Waals surface area contributed by atoms with Crippen molar-refractivity contribution < 1.29 is 10.0 Å². The van der Waals surface area contributed by atoms with E-state index in [1.165, 1.54) is 24.2 Å². The third-order valence-corrected chi connectivity index (χ3v) is 4.44. The number of quaternary nitrogens is 1. The highest BCUT2D eigenvalue weighted by atomic mass is 16.3. The van der Waals surface area contributed by atoms with Crippen molar-refractivity contribution in [2.24, 2.45) is 5.92 Å². The summed E-state index contributed by atoms with van der Waals surface area (Å²) in [6, 6.07) is 10.0. The molecule has 1 fully saturated rings. The maximum atomic E-state index is 11.3. The fourth-order valence-corrected chi connectivity index (χ4v) is 3.13. The summed E-state index contributed by atoms with van der Waals surface area (Å²) in [7, 11) is 4.26. The molecule has 0 amide bonds. The van der Waals surface area contributed by atoms with Crippen LogP contribution in [0.25, 0.3) is 0 Å². The lowest BCUT2D eigenvalue weighted by atomic mass is 9.73. The Morgan fingerprint density at radius 3 is 2.43 bits per heavy atom. The van der Waals surface area contributed by atoms with Crippen LogP contribution in [0.4, 0.5) is 0 Å². The van der Waals surface area contributed by atoms with E-state index in [1.807, 2.05) is 30.3 Å². The van der Waals surface area contributed by atoms with Gasteiger partial charge >= 0.3 is 0 Å². The number of hydrogen-bond acceptors (Lipinski definition) is 1. The van der Waals surface area contributed by atoms with Gasteiger partial charge in [-0.15, -0.1) is 0 Å². The molecule has 1 aromatic carbocycles. The minimum Gasteiger partial charge on any atom is -0.373 e. The zero-order valence-electron chi connectivity index (χ0n) is 13.4. The largest absolute Gasteiger partial charge is 0.373 e. The van der Waals surface area contributed by atoms with E-state index in [0.717, 1.165) is 31.4 Å². The van der Waals surface area contributed by atoms with Gasteiger partial charge in [-0.3, -0.25) is 0 Å². The minimum absolute atomic E-state index is 0.271. The molecule has 0 unspecified atom stereocenters. The van der Waals surface area contributed by atoms with Crippen molar-refractivity contribution in [3.05, 3.63) is 35.9 Å². The third kappa shape index (κ3) is 4.33. The fraction of sp³-hybridized carbons (Fsp3) is 0.579. The maximum absolute atomic E-state index is 11.3. The molecule has 2 N–H and O–H groups in total. The van der Waals surface area contributed by atoms with Gasteiger partial charge in [-0.1, -0.05) is 61.4 Å². The standard InChI is InChI=1S/C19H27NO/c1-20(2)16-10-9-15-19(21,17-11-5-3-6-12-17)18-13-7-4-8-14-18/h3,5-6,11-12,18,21H,4,7-8,10,13-14,16H2,1-2H3/p+1/t19-/m0/s1. The van der Waals surface area contributed by atoms with Gasteiger partial charge in [-0.25, -0.2) is 0 Å². The first kappa shape index (κ1) is 16.1. The SMILES string of the molecule is C[NH+](C)CCC#C[C@](O)(c1ccccc1)C1CCCCC1. The second-order valence-corrected chi connectivity index (χ2v) is 6.48. The van der Waals surface area contributed by atoms with E-state index in [2.05, 4.69) is 25.9 Å². The Hall–Kier alpha value is -1.30. The summed E-state index contributed by atoms with van der Waals surface area (Å²) < 4.78 is 0. The molecule has 1 saturated carbocycles. The van der Waals surface area contributed by atoms with Crippen LogP contribution in [0.5, 0.6) is 0 Å². The highest BCUT2D eigenvalue weighted by Crippen LogP contribution is 2.38. The molecule has 1 aromatic rings. The van der Waals surface area contributed by atoms with Crippen molar-refractivity contribution in [3.63, 3.8) is 0 Å². The summed E-state index contributed by atoms with van der Waals surface area (Å²) in [5.74, 6) is 6.73. The number of nitrogens with one attached hydrogen (secondary N) is 1. The molecule has 1 aliphatic rings. The van der Waals surface area contributed by atoms with Gasteiger partial charge in [0.1, 0.15) is 0 Å². The Bertz CT molecular complexity index is 479. The lowest BCUT2D eigenvalue weighted by Crippen LogP contribution is -3.05. The van der Waals surface area contributed by atoms with E-state index in [1.54, 1.807) is 0 Å². The quantitative estimate of drug-likeness (QED) is 0.813. The predicted octanol–water partition coefficient (Wildman–Crippen LogP) is 1.99. The third-order valence-electron chi connectivity index (χ3n) is 4.44. The van der Waals surface area contributed by atoms with E-state index < -0.39 is 5.60 Å². The van der Waals surface area contributed by atoms with Crippen LogP contribution in [0.15, 0.2) is 30.3 Å². The van der Waals surface area contributed by atoms with E-state index in [0.29, 0.717) is 0 Å². The molecule has 0 radical (unpaired) electrons. The molecular weight excluding hydrogens is 258 g/mol. The molecule has 2 rings (SSSR count). The Balaban J connectivity index is 2.21. The number of hydrogen-bond donors (Lipinski definition) is 2. The second kappa shape index (κ2) is 7.64. The van der Waals surface area contributed by atoms with Gasteiger partial charge in [0.15, 0.2) is 5.60 Å². The monoisotopic (exact) mass is 286 g/mol. The topological polar surface area (TPSA) is 24.7 Å². The van der Waals surface area contributed by atoms with Crippen LogP contribution in [0, 0.1) is 17.8 Å². The van der Waals surface area contributed by atoms with E-state index in [4.69, 9.17) is 0 Å². The van der Waals surface area contributed by atoms with E-state index in [9.17, 15) is 5.11 Å². The van der Waals surface area contributed by atoms with Crippen molar-refractivity contribution >= 4 is 0 Å². The molecule has 0 saturated heterocycles. The Morgan fingerprint density at radius 2 is 1.81 bits per heavy atom. The number of benzene rings is 1. The minimum atomic E-state index is -0.969. The lowest BCUT2D eigenvalue weighted by Gasteiger charge is -2.35. The molecule has 2 heteroatoms. The van der Waals surface area contributed by atoms with Gasteiger partial charge in [-0.05, 0) is 18.4 Å². The van der Waals surface area contributed by atoms with Crippen molar-refractivity contribution in [1.82, 2.24) is 0 Å². The van der Waals surface area contributed by atoms with Gasteiger partial charge in [-0.2, -0.15) is 0 Å². The Labute approximate surface area is 129 Å². The molecule has 0 spiro atoms. The lowest BCUT2D eigenvalue weighted by molar-refractivity contribution is -0.857. The van der Waals surface area contributed by atoms with Crippen LogP contribution in [0.2, 0.25) is 0 Å². The first-order valence-electron chi connectivity index (χ1n) is 8.20. The van der Waals surface area contributed by atoms with Crippen LogP contribution < -0.4 is 4.90 Å². The van der Waals surface area contributed by atoms with Crippen LogP contribution in [0.1, 0.15) is 44.1 Å². The van der Waals surface area contributed by atoms with Gasteiger partial charge < -0.3 is 10.0 Å². The Kier molecular flexibility index (Phi) is 5.85. The molecule has 2 nitrogen and oxygen atoms in total. The first-order chi connectivity index (χ1) is 10.1. The zero-order valence-corrected chi connectivity index (χ0v) is 13.4. The zero-order chi connectivity index (χ0) is 15.1. The molecule has 0 heterocycles. The van der Waals surface area contributed by atoms with Crippen LogP contribution in [-0.4, -0.2) is 25.7 Å². The number of aliphatic hydroxyl groups is 1. The van der Waals surface area contributed by atoms with Crippen molar-refractivity contribution in [3.8, 4) is 11.8 Å². The number of rotatable bonds is 4. The van der Waals surface area contributed by atoms with Gasteiger partial charge in [0.2, 0.25) is 0 Å². The smallest absolute Gasteiger partial charge is 0.153 e. The summed E-state index contributed by atoms with van der Waals surface area (Å²) in [4.78, 5) is 1.39. The molecule has 21 heavy (non-hydrogen) atoms. The fourth-order valence-electron chi connectivity index (χ4n) is 3.13. The van der Waals surface area contributed by atoms with E-state index in [-0.39, 0.29) is 5.92 Å². The predicted molar refractivity (Wildman–Crippen MR) is 87.0 cm³/mol. The van der Waals surface area contributed by atoms with Crippen LogP contribution in [0.3, 0.4) is 0 Å². The highest BCUT2D eigenvalue weighted by molar-refractivity contribution is 5.33. The highest BCUT2D eigenvalue weighted by Gasteiger charge is 2.37. The van der Waals surface area contributed by atoms with Crippen molar-refractivity contribution in [2.75, 3.05) is 20.6 Å². The molecule has 0 bridgehead atoms. The van der Waals surface area contributed by atoms with Crippen LogP contribution >= 0.6 is 0 Å². The summed E-state index contributed by atoms with van der Waals surface area (Å²) in [6.07, 6.45) is 6.72. The second-order valence-electron chi connectivity index (χ2n) is 6.48. The van der Waals surface area contributed by atoms with Crippen molar-refractivity contribution in [1.29, 1.82) is 0 Å². The molecule has 0 aliphatic heterocycles. The Morgan fingerprint density at radius 1 is 1.14 bits per heavy atom. The van der Waals surface area contributed by atoms with Gasteiger partial charge in [0.05, 0.1) is 27.1 Å². The summed E-state index contributed by atoms with van der Waals surface area (Å²) in [5, 5.41) is 11.3. The van der Waals surface area contributed by atoms with Crippen molar-refractivity contribution in [2.45, 2.75) is 44.1 Å². The molecule has 114 valence electrons. The molecule has 0 aromatic heterocycles. The van der Waals surface area contributed by atoms with Crippen LogP contribution in [-0.2, 0) is 5.60 Å². The summed E-state index contributed by atoms with van der Waals surface area (Å²) >= 11 is 0. The summed E-state index contributed by atoms with van der Waals surface area (Å²) in [5.41, 5.74) is -0.00911. The normalized spacial score (nSPS) is 18.9.